The Morgan fingerprint density at radius 1 is 1.40 bits per heavy atom. The number of aryl methyl sites for hydroxylation is 2. The van der Waals surface area contributed by atoms with E-state index in [0.29, 0.717) is 12.8 Å². The summed E-state index contributed by atoms with van der Waals surface area (Å²) in [7, 11) is 0. The van der Waals surface area contributed by atoms with Crippen molar-refractivity contribution >= 4 is 23.0 Å². The molecule has 0 bridgehead atoms. The van der Waals surface area contributed by atoms with Crippen molar-refractivity contribution in [3.8, 4) is 0 Å². The Morgan fingerprint density at radius 3 is 2.75 bits per heavy atom. The fraction of sp³-hybridized carbons (Fsp3) is 0.600. The molecule has 4 nitrogen and oxygen atoms in total. The topological polar surface area (TPSA) is 49.4 Å². The minimum Gasteiger partial charge on any atom is -0.337 e. The van der Waals surface area contributed by atoms with Crippen LogP contribution in [0.4, 0.5) is 0 Å². The van der Waals surface area contributed by atoms with Gasteiger partial charge in [-0.15, -0.1) is 11.3 Å². The van der Waals surface area contributed by atoms with Crippen molar-refractivity contribution in [1.29, 1.82) is 0 Å². The lowest BCUT2D eigenvalue weighted by Gasteiger charge is -2.34. The lowest BCUT2D eigenvalue weighted by molar-refractivity contribution is -0.133. The minimum absolute atomic E-state index is 0.0861. The molecule has 0 radical (unpaired) electrons. The van der Waals surface area contributed by atoms with E-state index in [0.717, 1.165) is 35.0 Å². The van der Waals surface area contributed by atoms with Gasteiger partial charge in [0.1, 0.15) is 0 Å². The monoisotopic (exact) mass is 294 g/mol. The maximum atomic E-state index is 12.2. The molecular formula is C15H22N2O2S. The summed E-state index contributed by atoms with van der Waals surface area (Å²) in [5.74, 6) is 0.181. The Morgan fingerprint density at radius 2 is 2.15 bits per heavy atom. The molecule has 1 saturated heterocycles. The molecule has 0 spiro atoms. The van der Waals surface area contributed by atoms with Crippen LogP contribution in [0.1, 0.15) is 39.9 Å². The number of thiophene rings is 1. The van der Waals surface area contributed by atoms with Crippen molar-refractivity contribution in [1.82, 2.24) is 10.2 Å². The maximum absolute atomic E-state index is 12.2. The van der Waals surface area contributed by atoms with Crippen molar-refractivity contribution in [2.75, 3.05) is 19.6 Å². The van der Waals surface area contributed by atoms with E-state index in [9.17, 15) is 9.59 Å². The Labute approximate surface area is 124 Å². The van der Waals surface area contributed by atoms with E-state index in [1.54, 1.807) is 11.3 Å². The van der Waals surface area contributed by atoms with E-state index in [1.807, 2.05) is 31.7 Å². The highest BCUT2D eigenvalue weighted by Crippen LogP contribution is 2.22. The van der Waals surface area contributed by atoms with Crippen LogP contribution < -0.4 is 5.32 Å². The average molecular weight is 294 g/mol. The largest absolute Gasteiger partial charge is 0.337 e. The molecule has 1 atom stereocenters. The van der Waals surface area contributed by atoms with Gasteiger partial charge < -0.3 is 10.2 Å². The lowest BCUT2D eigenvalue weighted by Crippen LogP contribution is -2.52. The van der Waals surface area contributed by atoms with Crippen LogP contribution in [0.3, 0.4) is 0 Å². The van der Waals surface area contributed by atoms with Gasteiger partial charge in [0.25, 0.3) is 0 Å². The molecule has 1 aromatic rings. The van der Waals surface area contributed by atoms with Crippen molar-refractivity contribution in [3.05, 3.63) is 21.4 Å². The molecule has 2 heterocycles. The van der Waals surface area contributed by atoms with Gasteiger partial charge in [-0.3, -0.25) is 9.59 Å². The highest BCUT2D eigenvalue weighted by Gasteiger charge is 2.23. The summed E-state index contributed by atoms with van der Waals surface area (Å²) in [4.78, 5) is 28.4. The van der Waals surface area contributed by atoms with Gasteiger partial charge in [0.05, 0.1) is 0 Å². The molecule has 0 saturated carbocycles. The molecule has 1 amide bonds. The van der Waals surface area contributed by atoms with Crippen LogP contribution in [0.2, 0.25) is 0 Å². The lowest BCUT2D eigenvalue weighted by atomic mass is 10.1. The van der Waals surface area contributed by atoms with Crippen molar-refractivity contribution in [2.24, 2.45) is 0 Å². The number of amides is 1. The van der Waals surface area contributed by atoms with Crippen molar-refractivity contribution < 1.29 is 9.59 Å². The third-order valence-corrected chi connectivity index (χ3v) is 4.69. The second kappa shape index (κ2) is 6.50. The average Bonchev–Trinajstić information content (AvgIpc) is 2.75. The Balaban J connectivity index is 1.90. The molecule has 1 N–H and O–H groups in total. The van der Waals surface area contributed by atoms with Gasteiger partial charge in [-0.25, -0.2) is 0 Å². The number of piperazine rings is 1. The first-order valence-electron chi connectivity index (χ1n) is 7.09. The van der Waals surface area contributed by atoms with Gasteiger partial charge in [0.15, 0.2) is 5.78 Å². The fourth-order valence-electron chi connectivity index (χ4n) is 2.62. The Hall–Kier alpha value is -1.20. The number of carbonyl (C=O) groups excluding carboxylic acids is 2. The first-order chi connectivity index (χ1) is 9.49. The third kappa shape index (κ3) is 3.46. The number of hydrogen-bond donors (Lipinski definition) is 1. The predicted octanol–water partition coefficient (Wildman–Crippen LogP) is 2.15. The Bertz CT molecular complexity index is 510. The standard InChI is InChI=1S/C15H22N2O2S/c1-10-9-16-6-7-17(10)15(19)5-4-14(18)13-8-11(2)20-12(13)3/h8,10,16H,4-7,9H2,1-3H3/t10-/m1/s1. The van der Waals surface area contributed by atoms with Crippen molar-refractivity contribution in [3.63, 3.8) is 0 Å². The van der Waals surface area contributed by atoms with E-state index in [4.69, 9.17) is 0 Å². The molecule has 110 valence electrons. The van der Waals surface area contributed by atoms with Crippen LogP contribution in [0.15, 0.2) is 6.07 Å². The molecule has 1 fully saturated rings. The molecule has 0 aromatic carbocycles. The first-order valence-corrected chi connectivity index (χ1v) is 7.91. The summed E-state index contributed by atoms with van der Waals surface area (Å²) in [6.45, 7) is 8.42. The number of Topliss-reactive ketones (excluding diaryl/α,β-unsaturated/α-hetero) is 1. The molecule has 1 aromatic heterocycles. The SMILES string of the molecule is Cc1cc(C(=O)CCC(=O)N2CCNC[C@H]2C)c(C)s1. The smallest absolute Gasteiger partial charge is 0.223 e. The highest BCUT2D eigenvalue weighted by molar-refractivity contribution is 7.12. The molecule has 5 heteroatoms. The minimum atomic E-state index is 0.0861. The summed E-state index contributed by atoms with van der Waals surface area (Å²) >= 11 is 1.64. The summed E-state index contributed by atoms with van der Waals surface area (Å²) < 4.78 is 0. The molecule has 2 rings (SSSR count). The van der Waals surface area contributed by atoms with Gasteiger partial charge in [-0.1, -0.05) is 0 Å². The molecule has 20 heavy (non-hydrogen) atoms. The number of rotatable bonds is 4. The first kappa shape index (κ1) is 15.2. The zero-order valence-electron chi connectivity index (χ0n) is 12.4. The second-order valence-corrected chi connectivity index (χ2v) is 6.85. The van der Waals surface area contributed by atoms with Crippen LogP contribution in [0.25, 0.3) is 0 Å². The van der Waals surface area contributed by atoms with Gasteiger partial charge in [-0.05, 0) is 26.8 Å². The number of nitrogens with one attached hydrogen (secondary N) is 1. The zero-order chi connectivity index (χ0) is 14.7. The van der Waals surface area contributed by atoms with E-state index in [2.05, 4.69) is 5.32 Å². The summed E-state index contributed by atoms with van der Waals surface area (Å²) in [6.07, 6.45) is 0.629. The summed E-state index contributed by atoms with van der Waals surface area (Å²) in [6, 6.07) is 2.15. The van der Waals surface area contributed by atoms with E-state index >= 15 is 0 Å². The highest BCUT2D eigenvalue weighted by atomic mass is 32.1. The summed E-state index contributed by atoms with van der Waals surface area (Å²) in [5.41, 5.74) is 0.786. The molecule has 1 aliphatic rings. The van der Waals surface area contributed by atoms with Crippen LogP contribution in [0, 0.1) is 13.8 Å². The molecule has 0 unspecified atom stereocenters. The number of hydrogen-bond acceptors (Lipinski definition) is 4. The number of nitrogens with zero attached hydrogens (tertiary/aromatic N) is 1. The van der Waals surface area contributed by atoms with E-state index in [1.165, 1.54) is 0 Å². The quantitative estimate of drug-likeness (QED) is 0.866. The van der Waals surface area contributed by atoms with E-state index in [-0.39, 0.29) is 17.7 Å². The van der Waals surface area contributed by atoms with Gasteiger partial charge >= 0.3 is 0 Å². The Kier molecular flexibility index (Phi) is 4.94. The third-order valence-electron chi connectivity index (χ3n) is 3.73. The van der Waals surface area contributed by atoms with Crippen LogP contribution >= 0.6 is 11.3 Å². The van der Waals surface area contributed by atoms with Gasteiger partial charge in [-0.2, -0.15) is 0 Å². The van der Waals surface area contributed by atoms with E-state index < -0.39 is 0 Å². The molecule has 1 aliphatic heterocycles. The van der Waals surface area contributed by atoms with Crippen LogP contribution in [-0.4, -0.2) is 42.3 Å². The van der Waals surface area contributed by atoms with Crippen molar-refractivity contribution in [2.45, 2.75) is 39.7 Å². The number of ketones is 1. The summed E-state index contributed by atoms with van der Waals surface area (Å²) in [5, 5.41) is 3.26. The maximum Gasteiger partial charge on any atom is 0.223 e. The predicted molar refractivity (Wildman–Crippen MR) is 81.4 cm³/mol. The van der Waals surface area contributed by atoms with Gasteiger partial charge in [0.2, 0.25) is 5.91 Å². The molecular weight excluding hydrogens is 272 g/mol. The second-order valence-electron chi connectivity index (χ2n) is 5.39. The van der Waals surface area contributed by atoms with Gasteiger partial charge in [0, 0.05) is 53.8 Å². The number of carbonyl (C=O) groups is 2. The van der Waals surface area contributed by atoms with Crippen LogP contribution in [-0.2, 0) is 4.79 Å². The zero-order valence-corrected chi connectivity index (χ0v) is 13.2. The van der Waals surface area contributed by atoms with Crippen LogP contribution in [0.5, 0.6) is 0 Å². The molecule has 0 aliphatic carbocycles. The normalized spacial score (nSPS) is 19.1. The fourth-order valence-corrected chi connectivity index (χ4v) is 3.56.